The van der Waals surface area contributed by atoms with Crippen LogP contribution in [0.1, 0.15) is 12.0 Å². The van der Waals surface area contributed by atoms with Crippen molar-refractivity contribution in [2.75, 3.05) is 7.11 Å². The van der Waals surface area contributed by atoms with Crippen LogP contribution in [0, 0.1) is 17.7 Å². The number of carboxylic acids is 1. The lowest BCUT2D eigenvalue weighted by atomic mass is 10.2. The number of nitrogens with one attached hydrogen (secondary N) is 1. The molecule has 1 aliphatic carbocycles. The number of hydrogen-bond donors (Lipinski definition) is 2. The van der Waals surface area contributed by atoms with E-state index in [1.165, 1.54) is 25.3 Å². The summed E-state index contributed by atoms with van der Waals surface area (Å²) in [6, 6.07) is 4.03. The summed E-state index contributed by atoms with van der Waals surface area (Å²) < 4.78 is 18.2. The predicted molar refractivity (Wildman–Crippen MR) is 64.0 cm³/mol. The van der Waals surface area contributed by atoms with Crippen molar-refractivity contribution in [1.82, 2.24) is 5.32 Å². The van der Waals surface area contributed by atoms with Crippen molar-refractivity contribution in [3.8, 4) is 5.75 Å². The maximum Gasteiger partial charge on any atom is 0.307 e. The van der Waals surface area contributed by atoms with Crippen LogP contribution in [-0.4, -0.2) is 24.1 Å². The van der Waals surface area contributed by atoms with Crippen LogP contribution in [0.25, 0.3) is 0 Å². The summed E-state index contributed by atoms with van der Waals surface area (Å²) in [6.07, 6.45) is 0.363. The lowest BCUT2D eigenvalue weighted by Gasteiger charge is -2.09. The highest BCUT2D eigenvalue weighted by Crippen LogP contribution is 2.38. The molecule has 0 spiro atoms. The van der Waals surface area contributed by atoms with Gasteiger partial charge in [-0.3, -0.25) is 9.59 Å². The number of carbonyl (C=O) groups is 2. The fraction of sp³-hybridized carbons (Fsp3) is 0.385. The first-order valence-electron chi connectivity index (χ1n) is 5.86. The maximum atomic E-state index is 13.1. The van der Waals surface area contributed by atoms with Crippen LogP contribution >= 0.6 is 0 Å². The van der Waals surface area contributed by atoms with E-state index in [9.17, 15) is 14.0 Å². The van der Waals surface area contributed by atoms with Gasteiger partial charge in [0.2, 0.25) is 5.91 Å². The third kappa shape index (κ3) is 3.01. The van der Waals surface area contributed by atoms with E-state index in [4.69, 9.17) is 9.84 Å². The number of halogens is 1. The van der Waals surface area contributed by atoms with Gasteiger partial charge in [-0.1, -0.05) is 0 Å². The maximum absolute atomic E-state index is 13.1. The van der Waals surface area contributed by atoms with Crippen LogP contribution < -0.4 is 10.1 Å². The minimum absolute atomic E-state index is 0.114. The van der Waals surface area contributed by atoms with E-state index in [2.05, 4.69) is 5.32 Å². The molecule has 0 heterocycles. The van der Waals surface area contributed by atoms with Crippen molar-refractivity contribution in [1.29, 1.82) is 0 Å². The number of ether oxygens (including phenoxy) is 1. The number of carbonyl (C=O) groups excluding carboxylic acids is 1. The van der Waals surface area contributed by atoms with Crippen LogP contribution in [0.5, 0.6) is 5.75 Å². The zero-order valence-corrected chi connectivity index (χ0v) is 10.4. The molecule has 2 rings (SSSR count). The van der Waals surface area contributed by atoms with Gasteiger partial charge in [0.1, 0.15) is 11.6 Å². The molecule has 2 unspecified atom stereocenters. The van der Waals surface area contributed by atoms with E-state index in [1.807, 2.05) is 0 Å². The van der Waals surface area contributed by atoms with Crippen molar-refractivity contribution in [3.05, 3.63) is 29.6 Å². The molecule has 0 aromatic heterocycles. The van der Waals surface area contributed by atoms with Crippen LogP contribution in [0.2, 0.25) is 0 Å². The first kappa shape index (κ1) is 13.3. The van der Waals surface area contributed by atoms with Crippen molar-refractivity contribution in [3.63, 3.8) is 0 Å². The van der Waals surface area contributed by atoms with Crippen molar-refractivity contribution >= 4 is 11.9 Å². The first-order valence-corrected chi connectivity index (χ1v) is 5.86. The SMILES string of the molecule is COc1ccc(F)cc1CNC(=O)C1CC1C(=O)O. The molecule has 0 radical (unpaired) electrons. The molecule has 102 valence electrons. The van der Waals surface area contributed by atoms with Crippen LogP contribution in [0.4, 0.5) is 4.39 Å². The van der Waals surface area contributed by atoms with Crippen molar-refractivity contribution in [2.45, 2.75) is 13.0 Å². The number of rotatable bonds is 5. The average Bonchev–Trinajstić information content (AvgIpc) is 3.16. The quantitative estimate of drug-likeness (QED) is 0.839. The van der Waals surface area contributed by atoms with Gasteiger partial charge in [0.05, 0.1) is 18.9 Å². The molecule has 6 heteroatoms. The molecular formula is C13H14FNO4. The molecule has 1 fully saturated rings. The Labute approximate surface area is 109 Å². The molecule has 2 atom stereocenters. The molecule has 1 aromatic rings. The third-order valence-corrected chi connectivity index (χ3v) is 3.14. The van der Waals surface area contributed by atoms with Gasteiger partial charge in [-0.05, 0) is 24.6 Å². The Kier molecular flexibility index (Phi) is 3.69. The molecule has 0 saturated heterocycles. The van der Waals surface area contributed by atoms with Gasteiger partial charge in [0, 0.05) is 12.1 Å². The standard InChI is InChI=1S/C13H14FNO4/c1-19-11-3-2-8(14)4-7(11)6-15-12(16)9-5-10(9)13(17)18/h2-4,9-10H,5-6H2,1H3,(H,15,16)(H,17,18). The second-order valence-corrected chi connectivity index (χ2v) is 4.46. The Bertz CT molecular complexity index is 517. The fourth-order valence-corrected chi connectivity index (χ4v) is 1.96. The molecular weight excluding hydrogens is 253 g/mol. The summed E-state index contributed by atoms with van der Waals surface area (Å²) in [5.41, 5.74) is 0.517. The largest absolute Gasteiger partial charge is 0.496 e. The van der Waals surface area contributed by atoms with Gasteiger partial charge in [0.25, 0.3) is 0 Å². The minimum atomic E-state index is -0.955. The lowest BCUT2D eigenvalue weighted by Crippen LogP contribution is -2.26. The van der Waals surface area contributed by atoms with Gasteiger partial charge >= 0.3 is 5.97 Å². The van der Waals surface area contributed by atoms with Crippen molar-refractivity contribution in [2.24, 2.45) is 11.8 Å². The number of amides is 1. The molecule has 1 saturated carbocycles. The average molecular weight is 267 g/mol. The number of carboxylic acid groups (broad SMARTS) is 1. The van der Waals surface area contributed by atoms with Crippen molar-refractivity contribution < 1.29 is 23.8 Å². The second kappa shape index (κ2) is 5.26. The summed E-state index contributed by atoms with van der Waals surface area (Å²) in [5.74, 6) is -2.28. The summed E-state index contributed by atoms with van der Waals surface area (Å²) in [4.78, 5) is 22.3. The van der Waals surface area contributed by atoms with E-state index in [-0.39, 0.29) is 12.5 Å². The zero-order valence-electron chi connectivity index (χ0n) is 10.4. The Morgan fingerprint density at radius 1 is 1.47 bits per heavy atom. The molecule has 19 heavy (non-hydrogen) atoms. The van der Waals surface area contributed by atoms with Crippen LogP contribution in [0.3, 0.4) is 0 Å². The fourth-order valence-electron chi connectivity index (χ4n) is 1.96. The Morgan fingerprint density at radius 2 is 2.21 bits per heavy atom. The van der Waals surface area contributed by atoms with Crippen LogP contribution in [0.15, 0.2) is 18.2 Å². The molecule has 5 nitrogen and oxygen atoms in total. The topological polar surface area (TPSA) is 75.6 Å². The molecule has 1 aromatic carbocycles. The monoisotopic (exact) mass is 267 g/mol. The molecule has 1 aliphatic rings. The van der Waals surface area contributed by atoms with Gasteiger partial charge in [0.15, 0.2) is 0 Å². The normalized spacial score (nSPS) is 20.7. The van der Waals surface area contributed by atoms with Gasteiger partial charge in [-0.2, -0.15) is 0 Å². The molecule has 0 bridgehead atoms. The van der Waals surface area contributed by atoms with E-state index in [0.29, 0.717) is 17.7 Å². The number of hydrogen-bond acceptors (Lipinski definition) is 3. The number of aliphatic carboxylic acids is 1. The molecule has 0 aliphatic heterocycles. The Hall–Kier alpha value is -2.11. The highest BCUT2D eigenvalue weighted by molar-refractivity contribution is 5.89. The third-order valence-electron chi connectivity index (χ3n) is 3.14. The lowest BCUT2D eigenvalue weighted by molar-refractivity contribution is -0.140. The predicted octanol–water partition coefficient (Wildman–Crippen LogP) is 1.17. The van der Waals surface area contributed by atoms with Gasteiger partial charge in [-0.15, -0.1) is 0 Å². The first-order chi connectivity index (χ1) is 9.02. The highest BCUT2D eigenvalue weighted by Gasteiger charge is 2.48. The van der Waals surface area contributed by atoms with E-state index in [0.717, 1.165) is 0 Å². The van der Waals surface area contributed by atoms with E-state index < -0.39 is 23.6 Å². The smallest absolute Gasteiger partial charge is 0.307 e. The Morgan fingerprint density at radius 3 is 2.79 bits per heavy atom. The van der Waals surface area contributed by atoms with E-state index in [1.54, 1.807) is 0 Å². The Balaban J connectivity index is 1.94. The second-order valence-electron chi connectivity index (χ2n) is 4.46. The van der Waals surface area contributed by atoms with Crippen LogP contribution in [-0.2, 0) is 16.1 Å². The highest BCUT2D eigenvalue weighted by atomic mass is 19.1. The van der Waals surface area contributed by atoms with Gasteiger partial charge < -0.3 is 15.2 Å². The zero-order chi connectivity index (χ0) is 14.0. The summed E-state index contributed by atoms with van der Waals surface area (Å²) in [7, 11) is 1.46. The van der Waals surface area contributed by atoms with E-state index >= 15 is 0 Å². The minimum Gasteiger partial charge on any atom is -0.496 e. The summed E-state index contributed by atoms with van der Waals surface area (Å²) >= 11 is 0. The summed E-state index contributed by atoms with van der Waals surface area (Å²) in [6.45, 7) is 0.114. The van der Waals surface area contributed by atoms with Gasteiger partial charge in [-0.25, -0.2) is 4.39 Å². The number of benzene rings is 1. The molecule has 1 amide bonds. The molecule has 2 N–H and O–H groups in total. The number of methoxy groups -OCH3 is 1. The summed E-state index contributed by atoms with van der Waals surface area (Å²) in [5, 5.41) is 11.3.